The molecule has 0 saturated heterocycles. The molecule has 0 spiro atoms. The van der Waals surface area contributed by atoms with Gasteiger partial charge in [-0.05, 0) is 17.9 Å². The van der Waals surface area contributed by atoms with Crippen molar-refractivity contribution in [2.24, 2.45) is 11.3 Å². The molecule has 0 radical (unpaired) electrons. The fourth-order valence-electron chi connectivity index (χ4n) is 1.85. The van der Waals surface area contributed by atoms with Gasteiger partial charge >= 0.3 is 5.97 Å². The summed E-state index contributed by atoms with van der Waals surface area (Å²) in [6.45, 7) is 5.90. The molecule has 1 unspecified atom stereocenters. The predicted octanol–water partition coefficient (Wildman–Crippen LogP) is 3.26. The van der Waals surface area contributed by atoms with Crippen LogP contribution in [0, 0.1) is 11.3 Å². The summed E-state index contributed by atoms with van der Waals surface area (Å²) in [7, 11) is 0. The number of pyridine rings is 1. The number of nitrogens with one attached hydrogen (secondary N) is 1. The number of halogens is 2. The third kappa shape index (κ3) is 5.89. The molecule has 7 heteroatoms. The fraction of sp³-hybridized carbons (Fsp3) is 0.500. The zero-order valence-corrected chi connectivity index (χ0v) is 13.6. The lowest BCUT2D eigenvalue weighted by molar-refractivity contribution is -0.142. The van der Waals surface area contributed by atoms with E-state index in [1.54, 1.807) is 0 Å². The Morgan fingerprint density at radius 1 is 1.38 bits per heavy atom. The second-order valence-electron chi connectivity index (χ2n) is 6.01. The maximum atomic E-state index is 12.0. The molecule has 116 valence electrons. The molecular formula is C14H18Cl2N2O3. The van der Waals surface area contributed by atoms with Crippen molar-refractivity contribution >= 4 is 35.1 Å². The Kier molecular flexibility index (Phi) is 5.98. The van der Waals surface area contributed by atoms with Crippen molar-refractivity contribution in [2.45, 2.75) is 27.2 Å². The number of hydrogen-bond donors (Lipinski definition) is 2. The Morgan fingerprint density at radius 2 is 2.00 bits per heavy atom. The molecule has 1 aromatic rings. The maximum absolute atomic E-state index is 12.0. The quantitative estimate of drug-likeness (QED) is 0.811. The third-order valence-electron chi connectivity index (χ3n) is 2.78. The first-order chi connectivity index (χ1) is 9.60. The van der Waals surface area contributed by atoms with E-state index in [4.69, 9.17) is 23.2 Å². The van der Waals surface area contributed by atoms with Gasteiger partial charge in [0.2, 0.25) is 0 Å². The van der Waals surface area contributed by atoms with Gasteiger partial charge in [-0.25, -0.2) is 4.98 Å². The average Bonchev–Trinajstić information content (AvgIpc) is 2.35. The van der Waals surface area contributed by atoms with Crippen LogP contribution >= 0.6 is 23.2 Å². The van der Waals surface area contributed by atoms with Gasteiger partial charge in [-0.1, -0.05) is 44.0 Å². The highest BCUT2D eigenvalue weighted by molar-refractivity contribution is 6.41. The maximum Gasteiger partial charge on any atom is 0.308 e. The van der Waals surface area contributed by atoms with Crippen LogP contribution in [-0.4, -0.2) is 28.5 Å². The molecular weight excluding hydrogens is 315 g/mol. The van der Waals surface area contributed by atoms with Crippen LogP contribution in [0.3, 0.4) is 0 Å². The highest BCUT2D eigenvalue weighted by Gasteiger charge is 2.25. The smallest absolute Gasteiger partial charge is 0.308 e. The normalized spacial score (nSPS) is 12.8. The molecule has 1 rings (SSSR count). The van der Waals surface area contributed by atoms with Crippen LogP contribution in [0.5, 0.6) is 0 Å². The molecule has 1 aromatic heterocycles. The number of amides is 1. The largest absolute Gasteiger partial charge is 0.481 e. The molecule has 1 heterocycles. The van der Waals surface area contributed by atoms with Crippen LogP contribution in [0.2, 0.25) is 10.2 Å². The minimum atomic E-state index is -0.933. The van der Waals surface area contributed by atoms with Gasteiger partial charge in [-0.2, -0.15) is 0 Å². The average molecular weight is 333 g/mol. The summed E-state index contributed by atoms with van der Waals surface area (Å²) in [5.41, 5.74) is 0.100. The SMILES string of the molecule is CC(C)(C)CC(CNC(=O)c1cnc(Cl)c(Cl)c1)C(=O)O. The molecule has 0 aliphatic carbocycles. The van der Waals surface area contributed by atoms with Crippen molar-refractivity contribution in [3.63, 3.8) is 0 Å². The Hall–Kier alpha value is -1.33. The first-order valence-corrected chi connectivity index (χ1v) is 7.18. The summed E-state index contributed by atoms with van der Waals surface area (Å²) in [4.78, 5) is 27.0. The van der Waals surface area contributed by atoms with Gasteiger partial charge in [-0.15, -0.1) is 0 Å². The zero-order valence-electron chi connectivity index (χ0n) is 12.1. The van der Waals surface area contributed by atoms with E-state index in [0.29, 0.717) is 6.42 Å². The van der Waals surface area contributed by atoms with Crippen LogP contribution in [0.4, 0.5) is 0 Å². The van der Waals surface area contributed by atoms with Crippen LogP contribution in [0.25, 0.3) is 0 Å². The highest BCUT2D eigenvalue weighted by Crippen LogP contribution is 2.24. The summed E-state index contributed by atoms with van der Waals surface area (Å²) < 4.78 is 0. The second kappa shape index (κ2) is 7.09. The minimum absolute atomic E-state index is 0.0473. The van der Waals surface area contributed by atoms with Crippen molar-refractivity contribution in [2.75, 3.05) is 6.54 Å². The van der Waals surface area contributed by atoms with Crippen molar-refractivity contribution in [3.05, 3.63) is 28.0 Å². The zero-order chi connectivity index (χ0) is 16.2. The van der Waals surface area contributed by atoms with Gasteiger partial charge in [0.05, 0.1) is 16.5 Å². The van der Waals surface area contributed by atoms with Crippen molar-refractivity contribution < 1.29 is 14.7 Å². The fourth-order valence-corrected chi connectivity index (χ4v) is 2.12. The molecule has 0 aliphatic heterocycles. The van der Waals surface area contributed by atoms with Gasteiger partial charge in [-0.3, -0.25) is 9.59 Å². The lowest BCUT2D eigenvalue weighted by atomic mass is 9.84. The Labute approximate surface area is 133 Å². The molecule has 0 bridgehead atoms. The number of aromatic nitrogens is 1. The number of carbonyl (C=O) groups excluding carboxylic acids is 1. The van der Waals surface area contributed by atoms with E-state index in [-0.39, 0.29) is 27.7 Å². The Morgan fingerprint density at radius 3 is 2.48 bits per heavy atom. The number of hydrogen-bond acceptors (Lipinski definition) is 3. The Balaban J connectivity index is 2.69. The summed E-state index contributed by atoms with van der Waals surface area (Å²) in [6.07, 6.45) is 1.76. The molecule has 0 saturated carbocycles. The summed E-state index contributed by atoms with van der Waals surface area (Å²) in [5.74, 6) is -2.01. The number of carboxylic acids is 1. The third-order valence-corrected chi connectivity index (χ3v) is 3.46. The van der Waals surface area contributed by atoms with E-state index in [0.717, 1.165) is 0 Å². The highest BCUT2D eigenvalue weighted by atomic mass is 35.5. The summed E-state index contributed by atoms with van der Waals surface area (Å²) in [5, 5.41) is 12.1. The molecule has 0 aromatic carbocycles. The van der Waals surface area contributed by atoms with Crippen molar-refractivity contribution in [1.29, 1.82) is 0 Å². The van der Waals surface area contributed by atoms with Crippen molar-refractivity contribution in [1.82, 2.24) is 10.3 Å². The lowest BCUT2D eigenvalue weighted by Crippen LogP contribution is -2.35. The second-order valence-corrected chi connectivity index (χ2v) is 6.77. The molecule has 0 aliphatic rings. The molecule has 1 atom stereocenters. The summed E-state index contributed by atoms with van der Waals surface area (Å²) >= 11 is 11.5. The number of nitrogens with zero attached hydrogens (tertiary/aromatic N) is 1. The minimum Gasteiger partial charge on any atom is -0.481 e. The molecule has 21 heavy (non-hydrogen) atoms. The van der Waals surface area contributed by atoms with Gasteiger partial charge in [0, 0.05) is 12.7 Å². The standard InChI is InChI=1S/C14H18Cl2N2O3/c1-14(2,3)5-9(13(20)21)7-18-12(19)8-4-10(15)11(16)17-6-8/h4,6,9H,5,7H2,1-3H3,(H,18,19)(H,20,21). The number of rotatable bonds is 5. The van der Waals surface area contributed by atoms with Gasteiger partial charge in [0.1, 0.15) is 5.15 Å². The number of carbonyl (C=O) groups is 2. The first-order valence-electron chi connectivity index (χ1n) is 6.42. The van der Waals surface area contributed by atoms with Gasteiger partial charge < -0.3 is 10.4 Å². The van der Waals surface area contributed by atoms with Crippen LogP contribution in [0.15, 0.2) is 12.3 Å². The van der Waals surface area contributed by atoms with E-state index in [9.17, 15) is 14.7 Å². The lowest BCUT2D eigenvalue weighted by Gasteiger charge is -2.23. The van der Waals surface area contributed by atoms with Crippen LogP contribution in [0.1, 0.15) is 37.6 Å². The number of aliphatic carboxylic acids is 1. The molecule has 5 nitrogen and oxygen atoms in total. The van der Waals surface area contributed by atoms with E-state index in [1.165, 1.54) is 12.3 Å². The van der Waals surface area contributed by atoms with Crippen molar-refractivity contribution in [3.8, 4) is 0 Å². The van der Waals surface area contributed by atoms with E-state index >= 15 is 0 Å². The Bertz CT molecular complexity index is 542. The summed E-state index contributed by atoms with van der Waals surface area (Å²) in [6, 6.07) is 1.39. The van der Waals surface area contributed by atoms with E-state index in [1.807, 2.05) is 20.8 Å². The molecule has 1 amide bonds. The van der Waals surface area contributed by atoms with Crippen LogP contribution < -0.4 is 5.32 Å². The number of carboxylic acid groups (broad SMARTS) is 1. The predicted molar refractivity (Wildman–Crippen MR) is 81.8 cm³/mol. The van der Waals surface area contributed by atoms with Gasteiger partial charge in [0.25, 0.3) is 5.91 Å². The van der Waals surface area contributed by atoms with E-state index < -0.39 is 17.8 Å². The van der Waals surface area contributed by atoms with Crippen LogP contribution in [-0.2, 0) is 4.79 Å². The van der Waals surface area contributed by atoms with Gasteiger partial charge in [0.15, 0.2) is 0 Å². The molecule has 0 fully saturated rings. The molecule has 2 N–H and O–H groups in total. The monoisotopic (exact) mass is 332 g/mol. The first kappa shape index (κ1) is 17.7. The topological polar surface area (TPSA) is 79.3 Å². The van der Waals surface area contributed by atoms with E-state index in [2.05, 4.69) is 10.3 Å².